The molecular formula is C25H21FN4O3. The van der Waals surface area contributed by atoms with Crippen molar-refractivity contribution in [3.63, 3.8) is 0 Å². The molecule has 1 N–H and O–H groups in total. The average molecular weight is 444 g/mol. The zero-order chi connectivity index (χ0) is 24.0. The molecule has 1 aromatic heterocycles. The van der Waals surface area contributed by atoms with E-state index in [-0.39, 0.29) is 24.5 Å². The first-order chi connectivity index (χ1) is 15.8. The molecule has 0 saturated heterocycles. The van der Waals surface area contributed by atoms with Crippen molar-refractivity contribution in [2.24, 2.45) is 0 Å². The highest BCUT2D eigenvalue weighted by molar-refractivity contribution is 5.86. The van der Waals surface area contributed by atoms with Crippen LogP contribution in [-0.4, -0.2) is 16.2 Å². The number of carboxylic acid groups (broad SMARTS) is 1. The van der Waals surface area contributed by atoms with Crippen LogP contribution in [0.15, 0.2) is 54.7 Å². The number of hydrogen-bond acceptors (Lipinski definition) is 5. The van der Waals surface area contributed by atoms with Crippen LogP contribution in [-0.2, 0) is 13.2 Å². The molecular weight excluding hydrogens is 423 g/mol. The third-order valence-corrected chi connectivity index (χ3v) is 5.04. The molecule has 0 spiro atoms. The van der Waals surface area contributed by atoms with Crippen LogP contribution in [0.5, 0.6) is 5.75 Å². The molecule has 8 heteroatoms. The van der Waals surface area contributed by atoms with Crippen LogP contribution in [0, 0.1) is 29.6 Å². The van der Waals surface area contributed by atoms with Gasteiger partial charge in [0.05, 0.1) is 35.5 Å². The lowest BCUT2D eigenvalue weighted by Gasteiger charge is -2.23. The Balaban J connectivity index is 1.95. The zero-order valence-electron chi connectivity index (χ0n) is 18.1. The van der Waals surface area contributed by atoms with Gasteiger partial charge in [0.15, 0.2) is 0 Å². The van der Waals surface area contributed by atoms with E-state index in [0.717, 1.165) is 10.5 Å². The van der Waals surface area contributed by atoms with Crippen molar-refractivity contribution >= 4 is 11.8 Å². The number of carbonyl (C=O) groups is 1. The van der Waals surface area contributed by atoms with Gasteiger partial charge in [0, 0.05) is 23.0 Å². The molecule has 3 aromatic rings. The Labute approximate surface area is 190 Å². The molecule has 3 rings (SSSR count). The molecule has 2 aromatic carbocycles. The van der Waals surface area contributed by atoms with E-state index in [2.05, 4.69) is 11.1 Å². The fourth-order valence-corrected chi connectivity index (χ4v) is 3.43. The Bertz CT molecular complexity index is 1240. The predicted molar refractivity (Wildman–Crippen MR) is 119 cm³/mol. The first-order valence-electron chi connectivity index (χ1n) is 10.1. The second kappa shape index (κ2) is 10.3. The van der Waals surface area contributed by atoms with Crippen LogP contribution in [0.4, 0.5) is 14.9 Å². The van der Waals surface area contributed by atoms with Crippen LogP contribution in [0.1, 0.15) is 46.6 Å². The molecule has 0 bridgehead atoms. The highest BCUT2D eigenvalue weighted by Gasteiger charge is 2.24. The van der Waals surface area contributed by atoms with Gasteiger partial charge in [-0.2, -0.15) is 10.5 Å². The van der Waals surface area contributed by atoms with Crippen LogP contribution in [0.25, 0.3) is 0 Å². The number of benzene rings is 2. The maximum Gasteiger partial charge on any atom is 0.412 e. The van der Waals surface area contributed by atoms with Crippen molar-refractivity contribution in [1.29, 1.82) is 10.5 Å². The van der Waals surface area contributed by atoms with Crippen LogP contribution in [0.3, 0.4) is 0 Å². The van der Waals surface area contributed by atoms with E-state index in [1.165, 1.54) is 37.4 Å². The minimum atomic E-state index is -1.45. The van der Waals surface area contributed by atoms with Gasteiger partial charge in [0.25, 0.3) is 0 Å². The summed E-state index contributed by atoms with van der Waals surface area (Å²) in [5.74, 6) is 0.245. The Kier molecular flexibility index (Phi) is 7.22. The van der Waals surface area contributed by atoms with E-state index >= 15 is 0 Å². The van der Waals surface area contributed by atoms with Crippen molar-refractivity contribution < 1.29 is 19.0 Å². The summed E-state index contributed by atoms with van der Waals surface area (Å²) in [6.45, 7) is 2.98. The van der Waals surface area contributed by atoms with E-state index in [1.54, 1.807) is 31.2 Å². The lowest BCUT2D eigenvalue weighted by molar-refractivity contribution is 0.201. The second-order valence-electron chi connectivity index (χ2n) is 7.36. The summed E-state index contributed by atoms with van der Waals surface area (Å²) >= 11 is 0. The number of alkyl halides is 1. The predicted octanol–water partition coefficient (Wildman–Crippen LogP) is 5.43. The number of anilines is 1. The molecule has 1 amide bonds. The fourth-order valence-electron chi connectivity index (χ4n) is 3.43. The number of halogens is 1. The van der Waals surface area contributed by atoms with Crippen molar-refractivity contribution in [3.05, 3.63) is 88.2 Å². The smallest absolute Gasteiger partial charge is 0.412 e. The first kappa shape index (κ1) is 23.2. The molecule has 7 nitrogen and oxygen atoms in total. The summed E-state index contributed by atoms with van der Waals surface area (Å²) in [6, 6.07) is 17.0. The Morgan fingerprint density at radius 1 is 1.18 bits per heavy atom. The SMILES string of the molecule is Cc1ncc(CN(C(=O)O)c2ccc(C#N)cc2)c(C(C)F)c1OCc1cccc(C#N)c1. The topological polar surface area (TPSA) is 110 Å². The third-order valence-electron chi connectivity index (χ3n) is 5.04. The van der Waals surface area contributed by atoms with E-state index in [0.29, 0.717) is 28.1 Å². The molecule has 33 heavy (non-hydrogen) atoms. The largest absolute Gasteiger partial charge is 0.487 e. The Hall–Kier alpha value is -4.43. The van der Waals surface area contributed by atoms with Gasteiger partial charge in [-0.3, -0.25) is 9.88 Å². The van der Waals surface area contributed by atoms with Gasteiger partial charge in [-0.25, -0.2) is 9.18 Å². The second-order valence-corrected chi connectivity index (χ2v) is 7.36. The molecule has 0 fully saturated rings. The minimum absolute atomic E-state index is 0.0967. The maximum atomic E-state index is 14.8. The van der Waals surface area contributed by atoms with Gasteiger partial charge in [0.1, 0.15) is 18.5 Å². The molecule has 0 saturated carbocycles. The lowest BCUT2D eigenvalue weighted by atomic mass is 10.0. The minimum Gasteiger partial charge on any atom is -0.487 e. The van der Waals surface area contributed by atoms with Gasteiger partial charge >= 0.3 is 6.09 Å². The summed E-state index contributed by atoms with van der Waals surface area (Å²) in [5, 5.41) is 27.8. The van der Waals surface area contributed by atoms with E-state index in [4.69, 9.17) is 15.3 Å². The number of ether oxygens (including phenoxy) is 1. The van der Waals surface area contributed by atoms with Gasteiger partial charge in [-0.1, -0.05) is 12.1 Å². The number of nitriles is 2. The maximum absolute atomic E-state index is 14.8. The number of hydrogen-bond donors (Lipinski definition) is 1. The summed E-state index contributed by atoms with van der Waals surface area (Å²) < 4.78 is 20.7. The Morgan fingerprint density at radius 2 is 1.88 bits per heavy atom. The van der Waals surface area contributed by atoms with Crippen molar-refractivity contribution in [2.45, 2.75) is 33.2 Å². The number of aromatic nitrogens is 1. The molecule has 166 valence electrons. The van der Waals surface area contributed by atoms with Gasteiger partial charge in [-0.05, 0) is 55.8 Å². The van der Waals surface area contributed by atoms with E-state index in [1.807, 2.05) is 6.07 Å². The number of amides is 1. The quantitative estimate of drug-likeness (QED) is 0.520. The molecule has 1 heterocycles. The summed E-state index contributed by atoms with van der Waals surface area (Å²) in [6.07, 6.45) is -1.23. The zero-order valence-corrected chi connectivity index (χ0v) is 18.1. The lowest BCUT2D eigenvalue weighted by Crippen LogP contribution is -2.29. The van der Waals surface area contributed by atoms with Crippen LogP contribution < -0.4 is 9.64 Å². The Morgan fingerprint density at radius 3 is 2.48 bits per heavy atom. The summed E-state index contributed by atoms with van der Waals surface area (Å²) in [4.78, 5) is 17.3. The molecule has 0 aliphatic carbocycles. The van der Waals surface area contributed by atoms with Crippen molar-refractivity contribution in [3.8, 4) is 17.9 Å². The summed E-state index contributed by atoms with van der Waals surface area (Å²) in [5.41, 5.74) is 3.02. The van der Waals surface area contributed by atoms with Gasteiger partial charge < -0.3 is 9.84 Å². The molecule has 0 aliphatic rings. The number of pyridine rings is 1. The monoisotopic (exact) mass is 444 g/mol. The molecule has 1 unspecified atom stereocenters. The molecule has 1 atom stereocenters. The van der Waals surface area contributed by atoms with Gasteiger partial charge in [-0.15, -0.1) is 0 Å². The number of aryl methyl sites for hydroxylation is 1. The number of rotatable bonds is 7. The van der Waals surface area contributed by atoms with E-state index in [9.17, 15) is 14.3 Å². The average Bonchev–Trinajstić information content (AvgIpc) is 2.82. The highest BCUT2D eigenvalue weighted by Crippen LogP contribution is 2.35. The standard InChI is InChI=1S/C25H21FN4O3/c1-16(26)23-21(14-30(25(31)32)22-8-6-18(11-27)7-9-22)13-29-17(2)24(23)33-15-20-5-3-4-19(10-20)12-28/h3-10,13,16H,14-15H2,1-2H3,(H,31,32). The summed E-state index contributed by atoms with van der Waals surface area (Å²) in [7, 11) is 0. The third kappa shape index (κ3) is 5.44. The van der Waals surface area contributed by atoms with E-state index < -0.39 is 12.3 Å². The highest BCUT2D eigenvalue weighted by atomic mass is 19.1. The van der Waals surface area contributed by atoms with Crippen molar-refractivity contribution in [2.75, 3.05) is 4.90 Å². The molecule has 0 radical (unpaired) electrons. The fraction of sp³-hybridized carbons (Fsp3) is 0.200. The first-order valence-corrected chi connectivity index (χ1v) is 10.1. The number of nitrogens with zero attached hydrogens (tertiary/aromatic N) is 4. The normalized spacial score (nSPS) is 11.2. The van der Waals surface area contributed by atoms with Crippen molar-refractivity contribution in [1.82, 2.24) is 4.98 Å². The molecule has 0 aliphatic heterocycles. The van der Waals surface area contributed by atoms with Gasteiger partial charge in [0.2, 0.25) is 0 Å². The van der Waals surface area contributed by atoms with Crippen LogP contribution in [0.2, 0.25) is 0 Å². The van der Waals surface area contributed by atoms with Crippen LogP contribution >= 0.6 is 0 Å².